The Morgan fingerprint density at radius 1 is 1.31 bits per heavy atom. The second kappa shape index (κ2) is 3.68. The highest BCUT2D eigenvalue weighted by Crippen LogP contribution is 2.24. The number of ether oxygens (including phenoxy) is 1. The number of hydrogen-bond acceptors (Lipinski definition) is 3. The van der Waals surface area contributed by atoms with Crippen LogP contribution in [0, 0.1) is 5.92 Å². The molecule has 0 saturated carbocycles. The molecule has 2 fully saturated rings. The molecule has 3 nitrogen and oxygen atoms in total. The SMILES string of the molecule is C=C(O)C1CCN(C2COC2)CC1. The largest absolute Gasteiger partial charge is 0.513 e. The molecule has 2 aliphatic heterocycles. The van der Waals surface area contributed by atoms with Crippen LogP contribution in [0.15, 0.2) is 12.3 Å². The van der Waals surface area contributed by atoms with E-state index in [0.717, 1.165) is 39.1 Å². The number of aliphatic hydroxyl groups is 1. The number of likely N-dealkylation sites (tertiary alicyclic amines) is 1. The summed E-state index contributed by atoms with van der Waals surface area (Å²) in [6.45, 7) is 7.55. The summed E-state index contributed by atoms with van der Waals surface area (Å²) in [5.74, 6) is 0.696. The molecule has 0 bridgehead atoms. The molecule has 2 aliphatic rings. The predicted octanol–water partition coefficient (Wildman–Crippen LogP) is 1.17. The smallest absolute Gasteiger partial charge is 0.0882 e. The fraction of sp³-hybridized carbons (Fsp3) is 0.800. The molecule has 2 saturated heterocycles. The van der Waals surface area contributed by atoms with Gasteiger partial charge in [-0.15, -0.1) is 0 Å². The molecule has 0 aliphatic carbocycles. The first kappa shape index (κ1) is 9.03. The minimum Gasteiger partial charge on any atom is -0.513 e. The van der Waals surface area contributed by atoms with Gasteiger partial charge >= 0.3 is 0 Å². The molecule has 0 radical (unpaired) electrons. The lowest BCUT2D eigenvalue weighted by molar-refractivity contribution is -0.0735. The van der Waals surface area contributed by atoms with Crippen molar-refractivity contribution in [3.05, 3.63) is 12.3 Å². The van der Waals surface area contributed by atoms with E-state index in [-0.39, 0.29) is 0 Å². The molecule has 0 amide bonds. The molecule has 0 spiro atoms. The second-order valence-corrected chi connectivity index (χ2v) is 3.99. The summed E-state index contributed by atoms with van der Waals surface area (Å²) in [6.07, 6.45) is 2.09. The zero-order chi connectivity index (χ0) is 9.26. The number of allylic oxidation sites excluding steroid dienone is 1. The van der Waals surface area contributed by atoms with Gasteiger partial charge in [-0.3, -0.25) is 4.90 Å². The molecule has 0 aromatic rings. The number of hydrogen-bond donors (Lipinski definition) is 1. The van der Waals surface area contributed by atoms with E-state index >= 15 is 0 Å². The first-order valence-electron chi connectivity index (χ1n) is 4.97. The maximum Gasteiger partial charge on any atom is 0.0882 e. The predicted molar refractivity (Wildman–Crippen MR) is 50.7 cm³/mol. The third-order valence-corrected chi connectivity index (χ3v) is 3.14. The summed E-state index contributed by atoms with van der Waals surface area (Å²) in [6, 6.07) is 0.646. The van der Waals surface area contributed by atoms with E-state index in [4.69, 9.17) is 4.74 Å². The molecule has 0 aromatic heterocycles. The van der Waals surface area contributed by atoms with Gasteiger partial charge in [-0.25, -0.2) is 0 Å². The van der Waals surface area contributed by atoms with E-state index in [9.17, 15) is 5.11 Å². The van der Waals surface area contributed by atoms with Gasteiger partial charge in [0, 0.05) is 5.92 Å². The monoisotopic (exact) mass is 183 g/mol. The highest BCUT2D eigenvalue weighted by molar-refractivity contribution is 4.93. The van der Waals surface area contributed by atoms with E-state index in [0.29, 0.717) is 17.7 Å². The first-order chi connectivity index (χ1) is 6.27. The van der Waals surface area contributed by atoms with Gasteiger partial charge in [0.1, 0.15) is 0 Å². The van der Waals surface area contributed by atoms with E-state index in [1.807, 2.05) is 0 Å². The van der Waals surface area contributed by atoms with Crippen LogP contribution in [-0.4, -0.2) is 42.4 Å². The van der Waals surface area contributed by atoms with Crippen molar-refractivity contribution in [3.8, 4) is 0 Å². The highest BCUT2D eigenvalue weighted by atomic mass is 16.5. The zero-order valence-corrected chi connectivity index (χ0v) is 7.91. The second-order valence-electron chi connectivity index (χ2n) is 3.99. The third kappa shape index (κ3) is 1.86. The molecule has 13 heavy (non-hydrogen) atoms. The maximum atomic E-state index is 9.24. The van der Waals surface area contributed by atoms with Crippen LogP contribution in [0.1, 0.15) is 12.8 Å². The van der Waals surface area contributed by atoms with E-state index < -0.39 is 0 Å². The van der Waals surface area contributed by atoms with Crippen molar-refractivity contribution in [1.82, 2.24) is 4.90 Å². The molecule has 3 heteroatoms. The van der Waals surface area contributed by atoms with Crippen molar-refractivity contribution in [2.75, 3.05) is 26.3 Å². The topological polar surface area (TPSA) is 32.7 Å². The van der Waals surface area contributed by atoms with Crippen LogP contribution < -0.4 is 0 Å². The van der Waals surface area contributed by atoms with Crippen LogP contribution in [0.5, 0.6) is 0 Å². The standard InChI is InChI=1S/C10H17NO2/c1-8(12)9-2-4-11(5-3-9)10-6-13-7-10/h9-10,12H,1-7H2. The van der Waals surface area contributed by atoms with E-state index in [2.05, 4.69) is 11.5 Å². The fourth-order valence-electron chi connectivity index (χ4n) is 2.03. The minimum absolute atomic E-state index is 0.331. The molecule has 2 heterocycles. The van der Waals surface area contributed by atoms with Gasteiger partial charge in [0.2, 0.25) is 0 Å². The molecule has 1 N–H and O–H groups in total. The Morgan fingerprint density at radius 3 is 2.31 bits per heavy atom. The van der Waals surface area contributed by atoms with Crippen molar-refractivity contribution >= 4 is 0 Å². The van der Waals surface area contributed by atoms with Gasteiger partial charge in [0.15, 0.2) is 0 Å². The quantitative estimate of drug-likeness (QED) is 0.652. The maximum absolute atomic E-state index is 9.24. The minimum atomic E-state index is 0.331. The lowest BCUT2D eigenvalue weighted by Crippen LogP contribution is -2.51. The molecular weight excluding hydrogens is 166 g/mol. The number of nitrogens with zero attached hydrogens (tertiary/aromatic N) is 1. The lowest BCUT2D eigenvalue weighted by Gasteiger charge is -2.41. The Bertz CT molecular complexity index is 193. The van der Waals surface area contributed by atoms with Gasteiger partial charge in [0.25, 0.3) is 0 Å². The Labute approximate surface area is 79.0 Å². The fourth-order valence-corrected chi connectivity index (χ4v) is 2.03. The molecule has 0 unspecified atom stereocenters. The van der Waals surface area contributed by atoms with Crippen LogP contribution in [0.4, 0.5) is 0 Å². The molecule has 0 aromatic carbocycles. The van der Waals surface area contributed by atoms with Gasteiger partial charge in [-0.1, -0.05) is 6.58 Å². The van der Waals surface area contributed by atoms with Crippen molar-refractivity contribution < 1.29 is 9.84 Å². The Hall–Kier alpha value is -0.540. The van der Waals surface area contributed by atoms with Crippen molar-refractivity contribution in [2.24, 2.45) is 5.92 Å². The van der Waals surface area contributed by atoms with E-state index in [1.165, 1.54) is 0 Å². The number of piperidine rings is 1. The normalized spacial score (nSPS) is 27.1. The molecule has 2 rings (SSSR count). The van der Waals surface area contributed by atoms with Gasteiger partial charge in [0.05, 0.1) is 25.0 Å². The molecular formula is C10H17NO2. The van der Waals surface area contributed by atoms with Crippen molar-refractivity contribution in [2.45, 2.75) is 18.9 Å². The highest BCUT2D eigenvalue weighted by Gasteiger charge is 2.30. The summed E-state index contributed by atoms with van der Waals surface area (Å²) in [4.78, 5) is 2.46. The Balaban J connectivity index is 1.78. The van der Waals surface area contributed by atoms with Crippen LogP contribution in [0.2, 0.25) is 0 Å². The van der Waals surface area contributed by atoms with Gasteiger partial charge < -0.3 is 9.84 Å². The number of aliphatic hydroxyl groups excluding tert-OH is 1. The van der Waals surface area contributed by atoms with Crippen molar-refractivity contribution in [3.63, 3.8) is 0 Å². The third-order valence-electron chi connectivity index (χ3n) is 3.14. The molecule has 74 valence electrons. The van der Waals surface area contributed by atoms with Crippen LogP contribution in [0.3, 0.4) is 0 Å². The zero-order valence-electron chi connectivity index (χ0n) is 7.91. The Morgan fingerprint density at radius 2 is 1.92 bits per heavy atom. The molecule has 0 atom stereocenters. The van der Waals surface area contributed by atoms with E-state index in [1.54, 1.807) is 0 Å². The lowest BCUT2D eigenvalue weighted by atomic mass is 9.94. The Kier molecular flexibility index (Phi) is 2.56. The van der Waals surface area contributed by atoms with Gasteiger partial charge in [-0.2, -0.15) is 0 Å². The summed E-state index contributed by atoms with van der Waals surface area (Å²) in [5, 5.41) is 9.24. The summed E-state index contributed by atoms with van der Waals surface area (Å²) < 4.78 is 5.15. The average molecular weight is 183 g/mol. The number of rotatable bonds is 2. The first-order valence-corrected chi connectivity index (χ1v) is 4.97. The van der Waals surface area contributed by atoms with Crippen LogP contribution in [0.25, 0.3) is 0 Å². The summed E-state index contributed by atoms with van der Waals surface area (Å²) in [7, 11) is 0. The van der Waals surface area contributed by atoms with Crippen LogP contribution in [-0.2, 0) is 4.74 Å². The summed E-state index contributed by atoms with van der Waals surface area (Å²) >= 11 is 0. The van der Waals surface area contributed by atoms with Crippen LogP contribution >= 0.6 is 0 Å². The van der Waals surface area contributed by atoms with Gasteiger partial charge in [-0.05, 0) is 25.9 Å². The average Bonchev–Trinajstić information content (AvgIpc) is 2.02. The summed E-state index contributed by atoms with van der Waals surface area (Å²) in [5.41, 5.74) is 0. The van der Waals surface area contributed by atoms with Crippen molar-refractivity contribution in [1.29, 1.82) is 0 Å².